The van der Waals surface area contributed by atoms with Gasteiger partial charge in [-0.1, -0.05) is 0 Å². The maximum atomic E-state index is 14.4. The Morgan fingerprint density at radius 2 is 1.84 bits per heavy atom. The predicted molar refractivity (Wildman–Crippen MR) is 93.3 cm³/mol. The van der Waals surface area contributed by atoms with Crippen molar-refractivity contribution in [3.05, 3.63) is 40.3 Å². The van der Waals surface area contributed by atoms with Crippen LogP contribution in [0.15, 0.2) is 39.2 Å². The number of aryl methyl sites for hydroxylation is 1. The van der Waals surface area contributed by atoms with Crippen molar-refractivity contribution < 1.29 is 44.3 Å². The zero-order valence-electron chi connectivity index (χ0n) is 15.3. The van der Waals surface area contributed by atoms with Crippen LogP contribution in [-0.2, 0) is 4.74 Å². The van der Waals surface area contributed by atoms with E-state index in [4.69, 9.17) is 0 Å². The summed E-state index contributed by atoms with van der Waals surface area (Å²) in [6.45, 7) is -0.773. The van der Waals surface area contributed by atoms with Crippen molar-refractivity contribution in [2.45, 2.75) is 36.5 Å². The van der Waals surface area contributed by atoms with Crippen LogP contribution in [0.4, 0.5) is 45.2 Å². The third kappa shape index (κ3) is 6.27. The Labute approximate surface area is 172 Å². The highest BCUT2D eigenvalue weighted by Crippen LogP contribution is 2.38. The Morgan fingerprint density at radius 3 is 2.39 bits per heavy atom. The molecule has 2 rings (SSSR count). The van der Waals surface area contributed by atoms with Crippen molar-refractivity contribution in [1.82, 2.24) is 0 Å². The second-order valence-corrected chi connectivity index (χ2v) is 7.19. The number of halogens is 9. The number of nitrogens with zero attached hydrogens (tertiary/aromatic N) is 3. The van der Waals surface area contributed by atoms with Gasteiger partial charge in [0.1, 0.15) is 11.5 Å². The number of thioether (sulfide) groups is 1. The highest BCUT2D eigenvalue weighted by atomic mass is 32.2. The van der Waals surface area contributed by atoms with Gasteiger partial charge in [-0.05, 0) is 29.8 Å². The number of alkyl halides is 8. The fraction of sp³-hybridized carbons (Fsp3) is 0.438. The number of benzene rings is 1. The second kappa shape index (κ2) is 8.96. The lowest BCUT2D eigenvalue weighted by atomic mass is 10.2. The first-order chi connectivity index (χ1) is 14.1. The van der Waals surface area contributed by atoms with Crippen molar-refractivity contribution >= 4 is 23.3 Å². The zero-order chi connectivity index (χ0) is 23.6. The fourth-order valence-electron chi connectivity index (χ4n) is 2.27. The Bertz CT molecular complexity index is 898. The van der Waals surface area contributed by atoms with Crippen molar-refractivity contribution in [3.8, 4) is 0 Å². The molecule has 0 radical (unpaired) electrons. The van der Waals surface area contributed by atoms with Crippen LogP contribution in [0.25, 0.3) is 0 Å². The van der Waals surface area contributed by atoms with E-state index in [1.165, 1.54) is 6.92 Å². The third-order valence-electron chi connectivity index (χ3n) is 3.72. The predicted octanol–water partition coefficient (Wildman–Crippen LogP) is 6.13. The molecular formula is C16H12F9N3O2S. The van der Waals surface area contributed by atoms with E-state index in [0.29, 0.717) is 23.0 Å². The van der Waals surface area contributed by atoms with Gasteiger partial charge in [0, 0.05) is 4.90 Å². The molecule has 0 N–H and O–H groups in total. The number of hydrazone groups is 1. The quantitative estimate of drug-likeness (QED) is 0.279. The summed E-state index contributed by atoms with van der Waals surface area (Å²) in [5.74, 6) is -8.20. The topological polar surface area (TPSA) is 54.3 Å². The van der Waals surface area contributed by atoms with E-state index >= 15 is 0 Å². The van der Waals surface area contributed by atoms with Gasteiger partial charge in [-0.25, -0.2) is 9.40 Å². The van der Waals surface area contributed by atoms with Crippen LogP contribution in [0.3, 0.4) is 0 Å². The van der Waals surface area contributed by atoms with Crippen molar-refractivity contribution in [3.63, 3.8) is 0 Å². The number of hydrogen-bond donors (Lipinski definition) is 0. The van der Waals surface area contributed by atoms with Gasteiger partial charge >= 0.3 is 18.3 Å². The van der Waals surface area contributed by atoms with Gasteiger partial charge in [0.05, 0.1) is 24.1 Å². The molecule has 15 heteroatoms. The minimum Gasteiger partial charge on any atom is -0.473 e. The monoisotopic (exact) mass is 481 g/mol. The van der Waals surface area contributed by atoms with Gasteiger partial charge < -0.3 is 4.74 Å². The molecular weight excluding hydrogens is 469 g/mol. The van der Waals surface area contributed by atoms with E-state index in [1.807, 2.05) is 0 Å². The first-order valence-electron chi connectivity index (χ1n) is 8.11. The molecule has 0 spiro atoms. The molecule has 1 aromatic carbocycles. The molecule has 0 fully saturated rings. The number of hydrogen-bond acceptors (Lipinski definition) is 6. The highest BCUT2D eigenvalue weighted by Gasteiger charge is 2.58. The molecule has 5 nitrogen and oxygen atoms in total. The second-order valence-electron chi connectivity index (χ2n) is 6.17. The normalized spacial score (nSPS) is 16.6. The summed E-state index contributed by atoms with van der Waals surface area (Å²) in [4.78, 5) is 10.6. The van der Waals surface area contributed by atoms with Crippen LogP contribution in [-0.4, -0.2) is 36.5 Å². The van der Waals surface area contributed by atoms with Gasteiger partial charge in [-0.2, -0.15) is 35.1 Å². The maximum absolute atomic E-state index is 14.4. The minimum atomic E-state index is -5.89. The number of nitroso groups, excluding NO2 is 1. The van der Waals surface area contributed by atoms with Gasteiger partial charge in [0.2, 0.25) is 5.90 Å². The Kier molecular flexibility index (Phi) is 7.17. The Balaban J connectivity index is 2.33. The average molecular weight is 481 g/mol. The molecule has 0 aromatic heterocycles. The van der Waals surface area contributed by atoms with E-state index in [9.17, 15) is 44.4 Å². The maximum Gasteiger partial charge on any atom is 0.456 e. The lowest BCUT2D eigenvalue weighted by molar-refractivity contribution is -0.291. The van der Waals surface area contributed by atoms with Gasteiger partial charge in [-0.3, -0.25) is 0 Å². The summed E-state index contributed by atoms with van der Waals surface area (Å²) >= 11 is 0.341. The molecule has 0 atom stereocenters. The number of anilines is 1. The summed E-state index contributed by atoms with van der Waals surface area (Å²) < 4.78 is 119. The Hall–Kier alpha value is -2.45. The van der Waals surface area contributed by atoms with Crippen LogP contribution >= 0.6 is 11.8 Å². The molecule has 0 unspecified atom stereocenters. The molecule has 0 amide bonds. The molecule has 0 saturated heterocycles. The summed E-state index contributed by atoms with van der Waals surface area (Å²) in [6, 6.07) is 1.85. The molecule has 0 aliphatic carbocycles. The van der Waals surface area contributed by atoms with E-state index in [2.05, 4.69) is 15.0 Å². The van der Waals surface area contributed by atoms with Crippen LogP contribution < -0.4 is 5.01 Å². The van der Waals surface area contributed by atoms with Crippen molar-refractivity contribution in [1.29, 1.82) is 0 Å². The van der Waals surface area contributed by atoms with Gasteiger partial charge in [0.15, 0.2) is 6.61 Å². The van der Waals surface area contributed by atoms with Gasteiger partial charge in [-0.15, -0.1) is 21.8 Å². The smallest absolute Gasteiger partial charge is 0.456 e. The largest absolute Gasteiger partial charge is 0.473 e. The van der Waals surface area contributed by atoms with E-state index in [1.54, 1.807) is 0 Å². The standard InChI is InChI=1S/C16H12F9N3O2S/c1-8-2-10(17)11(4-12(8)31-7-15(20,21)22)28-9(5-26-29)3-13(27-28)30-6-14(18,19)16(23,24)25/h2,4-5H,3,6-7H2,1H3. The van der Waals surface area contributed by atoms with Crippen LogP contribution in [0.5, 0.6) is 0 Å². The van der Waals surface area contributed by atoms with Crippen LogP contribution in [0.2, 0.25) is 0 Å². The summed E-state index contributed by atoms with van der Waals surface area (Å²) in [5.41, 5.74) is -0.583. The molecule has 31 heavy (non-hydrogen) atoms. The lowest BCUT2D eigenvalue weighted by Gasteiger charge is -2.19. The van der Waals surface area contributed by atoms with Crippen molar-refractivity contribution in [2.24, 2.45) is 10.3 Å². The molecule has 1 aromatic rings. The van der Waals surface area contributed by atoms with E-state index in [-0.39, 0.29) is 16.2 Å². The molecule has 1 aliphatic heterocycles. The highest BCUT2D eigenvalue weighted by molar-refractivity contribution is 7.99. The summed E-state index contributed by atoms with van der Waals surface area (Å²) in [5, 5.41) is 6.63. The summed E-state index contributed by atoms with van der Waals surface area (Å²) in [6.07, 6.45) is -10.4. The summed E-state index contributed by atoms with van der Waals surface area (Å²) in [7, 11) is 0. The zero-order valence-corrected chi connectivity index (χ0v) is 16.1. The molecule has 172 valence electrons. The fourth-order valence-corrected chi connectivity index (χ4v) is 3.07. The molecule has 0 bridgehead atoms. The number of ether oxygens (including phenoxy) is 1. The molecule has 1 heterocycles. The SMILES string of the molecule is Cc1cc(F)c(N2N=C(OCC(F)(F)C(F)(F)F)CC2=CN=O)cc1SCC(F)(F)F. The first kappa shape index (κ1) is 24.8. The lowest BCUT2D eigenvalue weighted by Crippen LogP contribution is -2.41. The minimum absolute atomic E-state index is 0.000287. The molecule has 0 saturated carbocycles. The number of rotatable bonds is 6. The van der Waals surface area contributed by atoms with E-state index < -0.39 is 54.5 Å². The van der Waals surface area contributed by atoms with Gasteiger partial charge in [0.25, 0.3) is 0 Å². The first-order valence-corrected chi connectivity index (χ1v) is 9.09. The van der Waals surface area contributed by atoms with Crippen molar-refractivity contribution in [2.75, 3.05) is 17.4 Å². The van der Waals surface area contributed by atoms with Crippen LogP contribution in [0.1, 0.15) is 12.0 Å². The van der Waals surface area contributed by atoms with E-state index in [0.717, 1.165) is 12.1 Å². The average Bonchev–Trinajstić information content (AvgIpc) is 3.01. The van der Waals surface area contributed by atoms with Crippen LogP contribution in [0, 0.1) is 17.6 Å². The molecule has 1 aliphatic rings. The third-order valence-corrected chi connectivity index (χ3v) is 4.94. The Morgan fingerprint density at radius 1 is 1.19 bits per heavy atom.